The Morgan fingerprint density at radius 1 is 0.906 bits per heavy atom. The highest BCUT2D eigenvalue weighted by molar-refractivity contribution is 7.90. The van der Waals surface area contributed by atoms with E-state index in [2.05, 4.69) is 5.32 Å². The van der Waals surface area contributed by atoms with E-state index in [0.717, 1.165) is 20.2 Å². The molecule has 2 aromatic carbocycles. The van der Waals surface area contributed by atoms with Gasteiger partial charge in [0.2, 0.25) is 0 Å². The van der Waals surface area contributed by atoms with E-state index in [-0.39, 0.29) is 21.8 Å². The fraction of sp³-hybridized carbons (Fsp3) is 0.0455. The maximum atomic E-state index is 13.1. The summed E-state index contributed by atoms with van der Waals surface area (Å²) < 4.78 is 28.5. The average molecular weight is 448 g/mol. The number of nitrogens with two attached hydrogens (primary N) is 1. The molecule has 0 saturated carbocycles. The molecule has 0 spiro atoms. The lowest BCUT2D eigenvalue weighted by Gasteiger charge is -2.13. The summed E-state index contributed by atoms with van der Waals surface area (Å²) >= 11 is 0. The van der Waals surface area contributed by atoms with Gasteiger partial charge in [0, 0.05) is 17.6 Å². The normalized spacial score (nSPS) is 13.4. The van der Waals surface area contributed by atoms with E-state index in [1.807, 2.05) is 6.92 Å². The summed E-state index contributed by atoms with van der Waals surface area (Å²) in [5.74, 6) is -1.51. The zero-order valence-electron chi connectivity index (χ0n) is 16.7. The number of pyridine rings is 1. The number of nitrogens with zero attached hydrogens (tertiary/aromatic N) is 2. The number of hydrogen-bond donors (Lipinski definition) is 2. The largest absolute Gasteiger partial charge is 0.384 e. The van der Waals surface area contributed by atoms with Gasteiger partial charge in [-0.2, -0.15) is 0 Å². The van der Waals surface area contributed by atoms with Gasteiger partial charge in [0.15, 0.2) is 0 Å². The van der Waals surface area contributed by atoms with Gasteiger partial charge < -0.3 is 5.73 Å². The van der Waals surface area contributed by atoms with Crippen molar-refractivity contribution in [3.05, 3.63) is 87.8 Å². The van der Waals surface area contributed by atoms with Crippen molar-refractivity contribution in [2.75, 3.05) is 5.73 Å². The van der Waals surface area contributed by atoms with Crippen molar-refractivity contribution in [3.63, 3.8) is 0 Å². The Labute approximate surface area is 181 Å². The first-order chi connectivity index (χ1) is 15.2. The van der Waals surface area contributed by atoms with Crippen LogP contribution in [0.15, 0.2) is 70.5 Å². The first-order valence-electron chi connectivity index (χ1n) is 9.53. The molecule has 3 N–H and O–H groups in total. The van der Waals surface area contributed by atoms with E-state index < -0.39 is 27.4 Å². The van der Waals surface area contributed by atoms with Crippen LogP contribution in [0.1, 0.15) is 26.3 Å². The van der Waals surface area contributed by atoms with Crippen LogP contribution in [0.2, 0.25) is 0 Å². The van der Waals surface area contributed by atoms with Gasteiger partial charge in [-0.1, -0.05) is 17.7 Å². The van der Waals surface area contributed by atoms with Crippen molar-refractivity contribution in [1.82, 2.24) is 13.9 Å². The summed E-state index contributed by atoms with van der Waals surface area (Å²) in [7, 11) is -3.82. The minimum absolute atomic E-state index is 0.0609. The van der Waals surface area contributed by atoms with Crippen molar-refractivity contribution in [2.24, 2.45) is 0 Å². The van der Waals surface area contributed by atoms with Crippen LogP contribution in [0.25, 0.3) is 16.6 Å². The molecule has 0 saturated heterocycles. The molecular weight excluding hydrogens is 432 g/mol. The smallest absolute Gasteiger partial charge is 0.268 e. The zero-order valence-corrected chi connectivity index (χ0v) is 17.5. The van der Waals surface area contributed by atoms with Gasteiger partial charge in [0.1, 0.15) is 5.82 Å². The number of rotatable bonds is 3. The maximum Gasteiger partial charge on any atom is 0.268 e. The third-order valence-corrected chi connectivity index (χ3v) is 7.13. The van der Waals surface area contributed by atoms with Gasteiger partial charge in [-0.15, -0.1) is 0 Å². The number of fused-ring (bicyclic) bond motifs is 2. The van der Waals surface area contributed by atoms with Crippen LogP contribution in [-0.2, 0) is 10.0 Å². The molecule has 0 atom stereocenters. The number of aryl methyl sites for hydroxylation is 1. The Balaban J connectivity index is 1.66. The third kappa shape index (κ3) is 2.77. The fourth-order valence-electron chi connectivity index (χ4n) is 3.82. The highest BCUT2D eigenvalue weighted by Crippen LogP contribution is 2.27. The van der Waals surface area contributed by atoms with E-state index in [9.17, 15) is 22.8 Å². The molecule has 4 aromatic rings. The molecular formula is C22H16N4O5S. The molecule has 0 radical (unpaired) electrons. The summed E-state index contributed by atoms with van der Waals surface area (Å²) in [5.41, 5.74) is 7.05. The number of carbonyl (C=O) groups excluding carboxylic acids is 2. The summed E-state index contributed by atoms with van der Waals surface area (Å²) in [6, 6.07) is 13.9. The fourth-order valence-corrected chi connectivity index (χ4v) is 5.18. The molecule has 1 aliphatic rings. The molecule has 0 aliphatic carbocycles. The number of imide groups is 1. The number of hydrogen-bond acceptors (Lipinski definition) is 6. The standard InChI is InChI=1S/C22H16N4O5S/c1-12-2-5-15(6-3-12)32(30,31)25-9-8-13-10-14(4-7-17(13)25)26-18(27)11-16-19(20(26)23)22(29)24-21(16)28/h2-11H,23H2,1H3,(H,24,28,29). The summed E-state index contributed by atoms with van der Waals surface area (Å²) in [5, 5.41) is 2.66. The van der Waals surface area contributed by atoms with Gasteiger partial charge in [0.05, 0.1) is 27.2 Å². The number of benzene rings is 2. The van der Waals surface area contributed by atoms with Gasteiger partial charge >= 0.3 is 0 Å². The van der Waals surface area contributed by atoms with Crippen molar-refractivity contribution in [2.45, 2.75) is 11.8 Å². The second kappa shape index (κ2) is 6.66. The monoisotopic (exact) mass is 448 g/mol. The number of carbonyl (C=O) groups is 2. The molecule has 0 bridgehead atoms. The second-order valence-corrected chi connectivity index (χ2v) is 9.26. The molecule has 10 heteroatoms. The lowest BCUT2D eigenvalue weighted by atomic mass is 10.1. The maximum absolute atomic E-state index is 13.1. The van der Waals surface area contributed by atoms with Crippen LogP contribution in [0.4, 0.5) is 5.82 Å². The summed E-state index contributed by atoms with van der Waals surface area (Å²) in [4.78, 5) is 36.7. The molecule has 2 aromatic heterocycles. The predicted octanol–water partition coefficient (Wildman–Crippen LogP) is 1.80. The minimum atomic E-state index is -3.82. The SMILES string of the molecule is Cc1ccc(S(=O)(=O)n2ccc3cc(-n4c(N)c5c(cc4=O)C(=O)NC5=O)ccc32)cc1. The summed E-state index contributed by atoms with van der Waals surface area (Å²) in [6.45, 7) is 1.87. The molecule has 0 unspecified atom stereocenters. The van der Waals surface area contributed by atoms with Crippen LogP contribution in [0.5, 0.6) is 0 Å². The highest BCUT2D eigenvalue weighted by atomic mass is 32.2. The average Bonchev–Trinajstić information content (AvgIpc) is 3.29. The first-order valence-corrected chi connectivity index (χ1v) is 11.0. The van der Waals surface area contributed by atoms with Crippen molar-refractivity contribution >= 4 is 38.6 Å². The molecule has 32 heavy (non-hydrogen) atoms. The molecule has 1 aliphatic heterocycles. The molecule has 2 amide bonds. The number of amides is 2. The van der Waals surface area contributed by atoms with Crippen molar-refractivity contribution in [3.8, 4) is 5.69 Å². The number of nitrogen functional groups attached to an aromatic ring is 1. The van der Waals surface area contributed by atoms with Crippen molar-refractivity contribution in [1.29, 1.82) is 0 Å². The van der Waals surface area contributed by atoms with Crippen molar-refractivity contribution < 1.29 is 18.0 Å². The van der Waals surface area contributed by atoms with Crippen LogP contribution >= 0.6 is 0 Å². The quantitative estimate of drug-likeness (QED) is 0.459. The van der Waals surface area contributed by atoms with Gasteiger partial charge in [-0.25, -0.2) is 12.4 Å². The van der Waals surface area contributed by atoms with Crippen LogP contribution in [0, 0.1) is 6.92 Å². The predicted molar refractivity (Wildman–Crippen MR) is 118 cm³/mol. The van der Waals surface area contributed by atoms with Gasteiger partial charge in [-0.05, 0) is 43.3 Å². The van der Waals surface area contributed by atoms with Crippen LogP contribution in [0.3, 0.4) is 0 Å². The summed E-state index contributed by atoms with van der Waals surface area (Å²) in [6.07, 6.45) is 1.44. The lowest BCUT2D eigenvalue weighted by Crippen LogP contribution is -2.24. The first kappa shape index (κ1) is 19.8. The van der Waals surface area contributed by atoms with E-state index in [4.69, 9.17) is 5.73 Å². The van der Waals surface area contributed by atoms with E-state index in [1.165, 1.54) is 12.3 Å². The molecule has 5 rings (SSSR count). The third-order valence-electron chi connectivity index (χ3n) is 5.43. The van der Waals surface area contributed by atoms with E-state index in [0.29, 0.717) is 16.6 Å². The van der Waals surface area contributed by atoms with E-state index >= 15 is 0 Å². The Bertz CT molecular complexity index is 1630. The Morgan fingerprint density at radius 2 is 1.62 bits per heavy atom. The lowest BCUT2D eigenvalue weighted by molar-refractivity contribution is 0.0880. The Morgan fingerprint density at radius 3 is 2.34 bits per heavy atom. The number of nitrogens with one attached hydrogen (secondary N) is 1. The molecule has 0 fully saturated rings. The highest BCUT2D eigenvalue weighted by Gasteiger charge is 2.32. The Hall–Kier alpha value is -4.18. The minimum Gasteiger partial charge on any atom is -0.384 e. The van der Waals surface area contributed by atoms with Gasteiger partial charge in [0.25, 0.3) is 27.4 Å². The molecule has 160 valence electrons. The van der Waals surface area contributed by atoms with Crippen LogP contribution in [-0.4, -0.2) is 28.8 Å². The zero-order chi connectivity index (χ0) is 22.8. The second-order valence-electron chi connectivity index (χ2n) is 7.45. The van der Waals surface area contributed by atoms with E-state index in [1.54, 1.807) is 42.5 Å². The van der Waals surface area contributed by atoms with Gasteiger partial charge in [-0.3, -0.25) is 24.3 Å². The molecule has 3 heterocycles. The molecule has 9 nitrogen and oxygen atoms in total. The topological polar surface area (TPSA) is 133 Å². The number of aromatic nitrogens is 2. The number of anilines is 1. The Kier molecular flexibility index (Phi) is 4.11. The van der Waals surface area contributed by atoms with Crippen LogP contribution < -0.4 is 16.6 Å².